The van der Waals surface area contributed by atoms with Gasteiger partial charge in [0.25, 0.3) is 0 Å². The van der Waals surface area contributed by atoms with Gasteiger partial charge in [0.05, 0.1) is 6.10 Å². The highest BCUT2D eigenvalue weighted by Gasteiger charge is 2.16. The van der Waals surface area contributed by atoms with Crippen LogP contribution in [0.5, 0.6) is 0 Å². The smallest absolute Gasteiger partial charge is 0.181 e. The van der Waals surface area contributed by atoms with Gasteiger partial charge < -0.3 is 4.74 Å². The van der Waals surface area contributed by atoms with E-state index in [2.05, 4.69) is 15.2 Å². The van der Waals surface area contributed by atoms with E-state index in [1.54, 1.807) is 0 Å². The predicted octanol–water partition coefficient (Wildman–Crippen LogP) is 2.58. The minimum absolute atomic E-state index is 0.301. The maximum atomic E-state index is 5.71. The second kappa shape index (κ2) is 5.31. The normalized spacial score (nSPS) is 19.9. The van der Waals surface area contributed by atoms with Gasteiger partial charge in [0.1, 0.15) is 5.82 Å². The lowest BCUT2D eigenvalue weighted by atomic mass is 10.1. The predicted molar refractivity (Wildman–Crippen MR) is 69.1 cm³/mol. The minimum Gasteiger partial charge on any atom is -0.378 e. The lowest BCUT2D eigenvalue weighted by molar-refractivity contribution is 0.0157. The molecule has 94 valence electrons. The van der Waals surface area contributed by atoms with Gasteiger partial charge in [-0.25, -0.2) is 4.98 Å². The number of aromatic amines is 1. The Bertz CT molecular complexity index is 489. The highest BCUT2D eigenvalue weighted by molar-refractivity contribution is 5.53. The molecule has 0 radical (unpaired) electrons. The molecule has 2 heterocycles. The van der Waals surface area contributed by atoms with Crippen molar-refractivity contribution in [2.75, 3.05) is 6.61 Å². The highest BCUT2D eigenvalue weighted by atomic mass is 16.5. The minimum atomic E-state index is 0.301. The molecule has 3 rings (SSSR count). The molecule has 2 aromatic rings. The fraction of sp³-hybridized carbons (Fsp3) is 0.429. The first kappa shape index (κ1) is 11.4. The summed E-state index contributed by atoms with van der Waals surface area (Å²) in [5.74, 6) is 1.68. The van der Waals surface area contributed by atoms with E-state index in [0.717, 1.165) is 36.7 Å². The van der Waals surface area contributed by atoms with Crippen LogP contribution in [0.15, 0.2) is 30.3 Å². The molecule has 1 aromatic heterocycles. The molecule has 18 heavy (non-hydrogen) atoms. The maximum Gasteiger partial charge on any atom is 0.181 e. The molecule has 1 N–H and O–H groups in total. The number of benzene rings is 1. The molecule has 1 unspecified atom stereocenters. The summed E-state index contributed by atoms with van der Waals surface area (Å²) in [5, 5.41) is 7.27. The second-order valence-corrected chi connectivity index (χ2v) is 4.66. The van der Waals surface area contributed by atoms with Gasteiger partial charge >= 0.3 is 0 Å². The maximum absolute atomic E-state index is 5.71. The topological polar surface area (TPSA) is 50.8 Å². The van der Waals surface area contributed by atoms with Gasteiger partial charge in [-0.15, -0.1) is 0 Å². The number of aromatic nitrogens is 3. The highest BCUT2D eigenvalue weighted by Crippen LogP contribution is 2.18. The van der Waals surface area contributed by atoms with Crippen LogP contribution in [-0.2, 0) is 11.2 Å². The van der Waals surface area contributed by atoms with Crippen LogP contribution in [0.25, 0.3) is 11.4 Å². The second-order valence-electron chi connectivity index (χ2n) is 4.66. The molecule has 0 spiro atoms. The number of H-pyrrole nitrogens is 1. The summed E-state index contributed by atoms with van der Waals surface area (Å²) in [6, 6.07) is 10.0. The van der Waals surface area contributed by atoms with E-state index in [1.165, 1.54) is 12.8 Å². The Hall–Kier alpha value is -1.68. The molecule has 1 fully saturated rings. The van der Waals surface area contributed by atoms with E-state index in [4.69, 9.17) is 4.74 Å². The molecule has 1 saturated heterocycles. The Kier molecular flexibility index (Phi) is 3.37. The Balaban J connectivity index is 1.69. The first-order chi connectivity index (χ1) is 8.92. The summed E-state index contributed by atoms with van der Waals surface area (Å²) in [6.45, 7) is 0.879. The van der Waals surface area contributed by atoms with Crippen LogP contribution in [0, 0.1) is 0 Å². The van der Waals surface area contributed by atoms with Crippen LogP contribution in [0.4, 0.5) is 0 Å². The Labute approximate surface area is 106 Å². The lowest BCUT2D eigenvalue weighted by Gasteiger charge is -2.21. The summed E-state index contributed by atoms with van der Waals surface area (Å²) in [4.78, 5) is 4.53. The third kappa shape index (κ3) is 2.59. The van der Waals surface area contributed by atoms with E-state index in [9.17, 15) is 0 Å². The standard InChI is InChI=1S/C14H17N3O/c1-2-6-11(7-3-1)14-15-13(16-17-14)10-12-8-4-5-9-18-12/h1-3,6-7,12H,4-5,8-10H2,(H,15,16,17). The fourth-order valence-electron chi connectivity index (χ4n) is 2.29. The number of hydrogen-bond donors (Lipinski definition) is 1. The summed E-state index contributed by atoms with van der Waals surface area (Å²) in [7, 11) is 0. The van der Waals surface area contributed by atoms with Crippen molar-refractivity contribution in [1.29, 1.82) is 0 Å². The van der Waals surface area contributed by atoms with Crippen LogP contribution < -0.4 is 0 Å². The summed E-state index contributed by atoms with van der Waals surface area (Å²) in [6.07, 6.45) is 4.70. The van der Waals surface area contributed by atoms with Crippen molar-refractivity contribution in [3.8, 4) is 11.4 Å². The SMILES string of the molecule is c1ccc(-c2n[nH]c(CC3CCCCO3)n2)cc1. The van der Waals surface area contributed by atoms with E-state index in [0.29, 0.717) is 6.10 Å². The number of hydrogen-bond acceptors (Lipinski definition) is 3. The fourth-order valence-corrected chi connectivity index (χ4v) is 2.29. The first-order valence-electron chi connectivity index (χ1n) is 6.50. The third-order valence-corrected chi connectivity index (χ3v) is 3.26. The van der Waals surface area contributed by atoms with Crippen LogP contribution in [0.2, 0.25) is 0 Å². The van der Waals surface area contributed by atoms with Crippen LogP contribution >= 0.6 is 0 Å². The lowest BCUT2D eigenvalue weighted by Crippen LogP contribution is -2.21. The average molecular weight is 243 g/mol. The van der Waals surface area contributed by atoms with Gasteiger partial charge in [-0.1, -0.05) is 30.3 Å². The monoisotopic (exact) mass is 243 g/mol. The van der Waals surface area contributed by atoms with Crippen molar-refractivity contribution in [1.82, 2.24) is 15.2 Å². The zero-order chi connectivity index (χ0) is 12.2. The van der Waals surface area contributed by atoms with Gasteiger partial charge in [0, 0.05) is 18.6 Å². The Morgan fingerprint density at radius 3 is 2.89 bits per heavy atom. The number of nitrogens with zero attached hydrogens (tertiary/aromatic N) is 2. The van der Waals surface area contributed by atoms with Crippen LogP contribution in [0.1, 0.15) is 25.1 Å². The van der Waals surface area contributed by atoms with E-state index in [1.807, 2.05) is 30.3 Å². The quantitative estimate of drug-likeness (QED) is 0.901. The van der Waals surface area contributed by atoms with Gasteiger partial charge in [0.15, 0.2) is 5.82 Å². The number of ether oxygens (including phenoxy) is 1. The molecule has 0 bridgehead atoms. The molecule has 0 saturated carbocycles. The van der Waals surface area contributed by atoms with E-state index in [-0.39, 0.29) is 0 Å². The molecule has 1 atom stereocenters. The largest absolute Gasteiger partial charge is 0.378 e. The molecule has 0 aliphatic carbocycles. The van der Waals surface area contributed by atoms with Crippen LogP contribution in [0.3, 0.4) is 0 Å². The summed E-state index contributed by atoms with van der Waals surface area (Å²) in [5.41, 5.74) is 1.05. The number of nitrogens with one attached hydrogen (secondary N) is 1. The molecule has 0 amide bonds. The third-order valence-electron chi connectivity index (χ3n) is 3.26. The zero-order valence-corrected chi connectivity index (χ0v) is 10.3. The molecule has 1 aliphatic rings. The van der Waals surface area contributed by atoms with Crippen molar-refractivity contribution in [3.63, 3.8) is 0 Å². The molecular formula is C14H17N3O. The first-order valence-corrected chi connectivity index (χ1v) is 6.50. The zero-order valence-electron chi connectivity index (χ0n) is 10.3. The Morgan fingerprint density at radius 2 is 2.11 bits per heavy atom. The van der Waals surface area contributed by atoms with Crippen LogP contribution in [-0.4, -0.2) is 27.9 Å². The van der Waals surface area contributed by atoms with Gasteiger partial charge in [-0.3, -0.25) is 5.10 Å². The van der Waals surface area contributed by atoms with Gasteiger partial charge in [-0.05, 0) is 19.3 Å². The summed E-state index contributed by atoms with van der Waals surface area (Å²) < 4.78 is 5.71. The molecule has 1 aliphatic heterocycles. The van der Waals surface area contributed by atoms with Crippen molar-refractivity contribution in [3.05, 3.63) is 36.2 Å². The number of rotatable bonds is 3. The summed E-state index contributed by atoms with van der Waals surface area (Å²) >= 11 is 0. The van der Waals surface area contributed by atoms with Crippen molar-refractivity contribution in [2.45, 2.75) is 31.8 Å². The van der Waals surface area contributed by atoms with Gasteiger partial charge in [-0.2, -0.15) is 5.10 Å². The van der Waals surface area contributed by atoms with Gasteiger partial charge in [0.2, 0.25) is 0 Å². The van der Waals surface area contributed by atoms with E-state index >= 15 is 0 Å². The van der Waals surface area contributed by atoms with E-state index < -0.39 is 0 Å². The van der Waals surface area contributed by atoms with Crippen molar-refractivity contribution in [2.24, 2.45) is 0 Å². The average Bonchev–Trinajstić information content (AvgIpc) is 2.89. The van der Waals surface area contributed by atoms with Crippen molar-refractivity contribution < 1.29 is 4.74 Å². The van der Waals surface area contributed by atoms with Crippen molar-refractivity contribution >= 4 is 0 Å². The molecular weight excluding hydrogens is 226 g/mol. The Morgan fingerprint density at radius 1 is 1.22 bits per heavy atom. The molecule has 4 nitrogen and oxygen atoms in total. The molecule has 4 heteroatoms. The molecule has 1 aromatic carbocycles.